The molecule has 0 aromatic heterocycles. The second-order valence-electron chi connectivity index (χ2n) is 6.79. The minimum atomic E-state index is 0.148. The van der Waals surface area contributed by atoms with Gasteiger partial charge in [-0.25, -0.2) is 0 Å². The summed E-state index contributed by atoms with van der Waals surface area (Å²) in [5.41, 5.74) is 0.512. The van der Waals surface area contributed by atoms with Crippen molar-refractivity contribution in [2.75, 3.05) is 26.2 Å². The molecule has 3 heteroatoms. The number of hydrogen-bond donors (Lipinski definition) is 0. The van der Waals surface area contributed by atoms with Gasteiger partial charge < -0.3 is 9.80 Å². The molecule has 0 N–H and O–H groups in total. The molecular weight excluding hydrogens is 224 g/mol. The fourth-order valence-corrected chi connectivity index (χ4v) is 3.39. The highest BCUT2D eigenvalue weighted by Crippen LogP contribution is 2.41. The van der Waals surface area contributed by atoms with Crippen molar-refractivity contribution in [2.45, 2.75) is 53.0 Å². The SMILES string of the molecule is CC(C)C(=O)N1CCC2(CC1)CCN(C(C)C)C2. The van der Waals surface area contributed by atoms with Gasteiger partial charge in [0.15, 0.2) is 0 Å². The number of carbonyl (C=O) groups excluding carboxylic acids is 1. The highest BCUT2D eigenvalue weighted by atomic mass is 16.2. The Hall–Kier alpha value is -0.570. The average molecular weight is 252 g/mol. The number of rotatable bonds is 2. The maximum absolute atomic E-state index is 12.0. The minimum Gasteiger partial charge on any atom is -0.342 e. The molecule has 2 aliphatic heterocycles. The molecule has 0 bridgehead atoms. The van der Waals surface area contributed by atoms with Gasteiger partial charge in [-0.05, 0) is 45.1 Å². The van der Waals surface area contributed by atoms with Crippen molar-refractivity contribution in [3.05, 3.63) is 0 Å². The Labute approximate surface area is 112 Å². The topological polar surface area (TPSA) is 23.6 Å². The van der Waals surface area contributed by atoms with Crippen LogP contribution in [0, 0.1) is 11.3 Å². The molecule has 3 nitrogen and oxygen atoms in total. The van der Waals surface area contributed by atoms with Gasteiger partial charge in [0.25, 0.3) is 0 Å². The fraction of sp³-hybridized carbons (Fsp3) is 0.933. The summed E-state index contributed by atoms with van der Waals surface area (Å²) in [6.07, 6.45) is 3.73. The van der Waals surface area contributed by atoms with E-state index < -0.39 is 0 Å². The van der Waals surface area contributed by atoms with Crippen LogP contribution in [0.4, 0.5) is 0 Å². The molecule has 2 rings (SSSR count). The van der Waals surface area contributed by atoms with Crippen LogP contribution in [0.25, 0.3) is 0 Å². The average Bonchev–Trinajstić information content (AvgIpc) is 2.74. The highest BCUT2D eigenvalue weighted by Gasteiger charge is 2.41. The summed E-state index contributed by atoms with van der Waals surface area (Å²) >= 11 is 0. The lowest BCUT2D eigenvalue weighted by atomic mass is 9.77. The van der Waals surface area contributed by atoms with Gasteiger partial charge in [0, 0.05) is 31.6 Å². The number of hydrogen-bond acceptors (Lipinski definition) is 2. The molecule has 1 spiro atoms. The zero-order valence-electron chi connectivity index (χ0n) is 12.4. The van der Waals surface area contributed by atoms with Crippen molar-refractivity contribution in [3.8, 4) is 0 Å². The van der Waals surface area contributed by atoms with Crippen LogP contribution in [0.15, 0.2) is 0 Å². The molecule has 2 aliphatic rings. The van der Waals surface area contributed by atoms with Crippen LogP contribution in [0.2, 0.25) is 0 Å². The first kappa shape index (κ1) is 13.9. The second kappa shape index (κ2) is 5.20. The third-order valence-corrected chi connectivity index (χ3v) is 4.83. The van der Waals surface area contributed by atoms with E-state index in [9.17, 15) is 4.79 Å². The first-order valence-corrected chi connectivity index (χ1v) is 7.46. The highest BCUT2D eigenvalue weighted by molar-refractivity contribution is 5.78. The Morgan fingerprint density at radius 2 is 1.56 bits per heavy atom. The van der Waals surface area contributed by atoms with Gasteiger partial charge in [-0.15, -0.1) is 0 Å². The molecule has 0 aliphatic carbocycles. The Morgan fingerprint density at radius 3 is 2.00 bits per heavy atom. The molecule has 1 amide bonds. The lowest BCUT2D eigenvalue weighted by molar-refractivity contribution is -0.136. The van der Waals surface area contributed by atoms with Gasteiger partial charge in [-0.3, -0.25) is 4.79 Å². The zero-order chi connectivity index (χ0) is 13.3. The van der Waals surface area contributed by atoms with Crippen LogP contribution < -0.4 is 0 Å². The molecule has 2 fully saturated rings. The molecule has 0 unspecified atom stereocenters. The van der Waals surface area contributed by atoms with Crippen molar-refractivity contribution < 1.29 is 4.79 Å². The van der Waals surface area contributed by atoms with Crippen LogP contribution >= 0.6 is 0 Å². The normalized spacial score (nSPS) is 24.4. The number of carbonyl (C=O) groups is 1. The molecule has 2 saturated heterocycles. The molecule has 0 aromatic rings. The van der Waals surface area contributed by atoms with E-state index in [0.29, 0.717) is 17.4 Å². The Balaban J connectivity index is 1.89. The Morgan fingerprint density at radius 1 is 1.00 bits per heavy atom. The summed E-state index contributed by atoms with van der Waals surface area (Å²) in [5.74, 6) is 0.485. The van der Waals surface area contributed by atoms with E-state index >= 15 is 0 Å². The van der Waals surface area contributed by atoms with E-state index in [-0.39, 0.29) is 5.92 Å². The molecule has 0 atom stereocenters. The second-order valence-corrected chi connectivity index (χ2v) is 6.79. The first-order chi connectivity index (χ1) is 8.43. The Bertz CT molecular complexity index is 304. The lowest BCUT2D eigenvalue weighted by Gasteiger charge is -2.40. The molecular formula is C15H28N2O. The van der Waals surface area contributed by atoms with Gasteiger partial charge in [-0.1, -0.05) is 13.8 Å². The fourth-order valence-electron chi connectivity index (χ4n) is 3.39. The van der Waals surface area contributed by atoms with Crippen molar-refractivity contribution in [1.82, 2.24) is 9.80 Å². The van der Waals surface area contributed by atoms with Crippen molar-refractivity contribution in [1.29, 1.82) is 0 Å². The third kappa shape index (κ3) is 2.71. The first-order valence-electron chi connectivity index (χ1n) is 7.46. The van der Waals surface area contributed by atoms with E-state index in [2.05, 4.69) is 23.6 Å². The number of amides is 1. The Kier molecular flexibility index (Phi) is 4.00. The van der Waals surface area contributed by atoms with Crippen molar-refractivity contribution in [2.24, 2.45) is 11.3 Å². The monoisotopic (exact) mass is 252 g/mol. The predicted octanol–water partition coefficient (Wildman–Crippen LogP) is 2.37. The standard InChI is InChI=1S/C15H28N2O/c1-12(2)14(18)16-8-5-15(6-9-16)7-10-17(11-15)13(3)4/h12-13H,5-11H2,1-4H3. The molecule has 104 valence electrons. The van der Waals surface area contributed by atoms with E-state index in [0.717, 1.165) is 13.1 Å². The number of nitrogens with zero attached hydrogens (tertiary/aromatic N) is 2. The quantitative estimate of drug-likeness (QED) is 0.753. The van der Waals surface area contributed by atoms with Crippen LogP contribution in [0.5, 0.6) is 0 Å². The lowest BCUT2D eigenvalue weighted by Crippen LogP contribution is -2.45. The molecule has 0 aromatic carbocycles. The van der Waals surface area contributed by atoms with Crippen LogP contribution in [0.1, 0.15) is 47.0 Å². The number of likely N-dealkylation sites (tertiary alicyclic amines) is 2. The summed E-state index contributed by atoms with van der Waals surface area (Å²) in [4.78, 5) is 16.7. The van der Waals surface area contributed by atoms with Crippen molar-refractivity contribution in [3.63, 3.8) is 0 Å². The summed E-state index contributed by atoms with van der Waals surface area (Å²) in [7, 11) is 0. The maximum atomic E-state index is 12.0. The molecule has 18 heavy (non-hydrogen) atoms. The van der Waals surface area contributed by atoms with Crippen molar-refractivity contribution >= 4 is 5.91 Å². The van der Waals surface area contributed by atoms with Gasteiger partial charge in [0.1, 0.15) is 0 Å². The van der Waals surface area contributed by atoms with E-state index in [1.54, 1.807) is 0 Å². The van der Waals surface area contributed by atoms with Crippen LogP contribution in [0.3, 0.4) is 0 Å². The summed E-state index contributed by atoms with van der Waals surface area (Å²) in [5, 5.41) is 0. The minimum absolute atomic E-state index is 0.148. The zero-order valence-corrected chi connectivity index (χ0v) is 12.4. The van der Waals surface area contributed by atoms with Gasteiger partial charge in [0.05, 0.1) is 0 Å². The number of piperidine rings is 1. The van der Waals surface area contributed by atoms with Crippen LogP contribution in [-0.4, -0.2) is 47.9 Å². The van der Waals surface area contributed by atoms with Gasteiger partial charge in [-0.2, -0.15) is 0 Å². The van der Waals surface area contributed by atoms with Gasteiger partial charge in [0.2, 0.25) is 5.91 Å². The predicted molar refractivity (Wildman–Crippen MR) is 74.4 cm³/mol. The summed E-state index contributed by atoms with van der Waals surface area (Å²) in [6.45, 7) is 13.0. The summed E-state index contributed by atoms with van der Waals surface area (Å²) in [6, 6.07) is 0.666. The van der Waals surface area contributed by atoms with Crippen LogP contribution in [-0.2, 0) is 4.79 Å². The summed E-state index contributed by atoms with van der Waals surface area (Å²) < 4.78 is 0. The largest absolute Gasteiger partial charge is 0.342 e. The van der Waals surface area contributed by atoms with Gasteiger partial charge >= 0.3 is 0 Å². The molecule has 2 heterocycles. The molecule has 0 radical (unpaired) electrons. The third-order valence-electron chi connectivity index (χ3n) is 4.83. The van der Waals surface area contributed by atoms with E-state index in [1.807, 2.05) is 13.8 Å². The maximum Gasteiger partial charge on any atom is 0.225 e. The smallest absolute Gasteiger partial charge is 0.225 e. The van der Waals surface area contributed by atoms with E-state index in [4.69, 9.17) is 0 Å². The van der Waals surface area contributed by atoms with E-state index in [1.165, 1.54) is 32.4 Å². The molecule has 0 saturated carbocycles.